The monoisotopic (exact) mass is 460 g/mol. The van der Waals surface area contributed by atoms with Gasteiger partial charge in [0.1, 0.15) is 0 Å². The summed E-state index contributed by atoms with van der Waals surface area (Å²) in [5.74, 6) is -0.167. The van der Waals surface area contributed by atoms with E-state index >= 15 is 0 Å². The van der Waals surface area contributed by atoms with Crippen molar-refractivity contribution in [1.82, 2.24) is 4.90 Å². The fourth-order valence-electron chi connectivity index (χ4n) is 4.16. The summed E-state index contributed by atoms with van der Waals surface area (Å²) in [5, 5.41) is 2.79. The number of amides is 1. The van der Waals surface area contributed by atoms with Crippen molar-refractivity contribution in [1.29, 1.82) is 0 Å². The largest absolute Gasteiger partial charge is 0.493 e. The number of rotatable bonds is 7. The first-order valence-electron chi connectivity index (χ1n) is 11.1. The fraction of sp³-hybridized carbons (Fsp3) is 0.259. The van der Waals surface area contributed by atoms with Crippen LogP contribution in [0.1, 0.15) is 37.4 Å². The highest BCUT2D eigenvalue weighted by Gasteiger charge is 2.20. The van der Waals surface area contributed by atoms with E-state index in [4.69, 9.17) is 14.2 Å². The molecule has 0 aliphatic carbocycles. The average Bonchev–Trinajstić information content (AvgIpc) is 2.88. The molecule has 0 bridgehead atoms. The van der Waals surface area contributed by atoms with Crippen LogP contribution in [-0.2, 0) is 24.2 Å². The maximum atomic E-state index is 12.9. The molecular weight excluding hydrogens is 432 g/mol. The minimum atomic E-state index is -0.588. The Hall–Kier alpha value is -3.84. The van der Waals surface area contributed by atoms with Crippen molar-refractivity contribution in [3.8, 4) is 11.5 Å². The van der Waals surface area contributed by atoms with Gasteiger partial charge in [0.2, 0.25) is 0 Å². The topological polar surface area (TPSA) is 77.1 Å². The number of carbonyl (C=O) groups excluding carboxylic acids is 2. The third-order valence-electron chi connectivity index (χ3n) is 6.01. The van der Waals surface area contributed by atoms with Crippen LogP contribution in [0.25, 0.3) is 0 Å². The first kappa shape index (κ1) is 23.3. The molecule has 7 heteroatoms. The smallest absolute Gasteiger partial charge is 0.340 e. The van der Waals surface area contributed by atoms with E-state index in [0.29, 0.717) is 17.1 Å². The second-order valence-electron chi connectivity index (χ2n) is 8.12. The molecule has 0 unspecified atom stereocenters. The van der Waals surface area contributed by atoms with Gasteiger partial charge in [-0.2, -0.15) is 0 Å². The Morgan fingerprint density at radius 1 is 0.912 bits per heavy atom. The van der Waals surface area contributed by atoms with Crippen LogP contribution in [0.15, 0.2) is 60.7 Å². The third kappa shape index (κ3) is 5.05. The predicted molar refractivity (Wildman–Crippen MR) is 130 cm³/mol. The van der Waals surface area contributed by atoms with Gasteiger partial charge in [-0.05, 0) is 35.2 Å². The number of carbonyl (C=O) groups is 2. The van der Waals surface area contributed by atoms with E-state index in [1.807, 2.05) is 12.1 Å². The first-order chi connectivity index (χ1) is 16.5. The number of benzene rings is 3. The number of hydrogen-bond donors (Lipinski definition) is 1. The molecule has 1 aliphatic heterocycles. The molecule has 0 atom stereocenters. The molecule has 3 aromatic carbocycles. The number of hydrogen-bond acceptors (Lipinski definition) is 6. The van der Waals surface area contributed by atoms with Crippen LogP contribution in [0.5, 0.6) is 11.5 Å². The van der Waals surface area contributed by atoms with Crippen LogP contribution in [0.3, 0.4) is 0 Å². The van der Waals surface area contributed by atoms with Crippen LogP contribution < -0.4 is 14.8 Å². The van der Waals surface area contributed by atoms with E-state index in [9.17, 15) is 9.59 Å². The number of anilines is 1. The highest BCUT2D eigenvalue weighted by Crippen LogP contribution is 2.34. The van der Waals surface area contributed by atoms with Crippen molar-refractivity contribution in [2.75, 3.05) is 33.2 Å². The van der Waals surface area contributed by atoms with Crippen LogP contribution >= 0.6 is 0 Å². The molecule has 0 fully saturated rings. The number of ether oxygens (including phenoxy) is 3. The number of esters is 1. The van der Waals surface area contributed by atoms with Gasteiger partial charge in [-0.15, -0.1) is 0 Å². The van der Waals surface area contributed by atoms with E-state index < -0.39 is 5.97 Å². The lowest BCUT2D eigenvalue weighted by Crippen LogP contribution is -2.29. The highest BCUT2D eigenvalue weighted by atomic mass is 16.5. The molecule has 4 rings (SSSR count). The maximum absolute atomic E-state index is 12.9. The van der Waals surface area contributed by atoms with Gasteiger partial charge in [0, 0.05) is 37.3 Å². The van der Waals surface area contributed by atoms with Gasteiger partial charge in [-0.25, -0.2) is 4.79 Å². The van der Waals surface area contributed by atoms with Crippen molar-refractivity contribution in [3.63, 3.8) is 0 Å². The van der Waals surface area contributed by atoms with Gasteiger partial charge in [0.15, 0.2) is 11.5 Å². The van der Waals surface area contributed by atoms with Crippen molar-refractivity contribution in [2.24, 2.45) is 0 Å². The van der Waals surface area contributed by atoms with E-state index in [1.54, 1.807) is 18.2 Å². The first-order valence-corrected chi connectivity index (χ1v) is 11.1. The second-order valence-corrected chi connectivity index (χ2v) is 8.12. The normalized spacial score (nSPS) is 13.0. The molecule has 34 heavy (non-hydrogen) atoms. The quantitative estimate of drug-likeness (QED) is 0.530. The summed E-state index contributed by atoms with van der Waals surface area (Å²) in [6.07, 6.45) is 1.05. The summed E-state index contributed by atoms with van der Waals surface area (Å²) < 4.78 is 15.4. The Morgan fingerprint density at radius 3 is 2.26 bits per heavy atom. The molecule has 3 aromatic rings. The Bertz CT molecular complexity index is 1190. The summed E-state index contributed by atoms with van der Waals surface area (Å²) in [6.45, 7) is 2.75. The lowest BCUT2D eigenvalue weighted by molar-refractivity contribution is 0.0601. The van der Waals surface area contributed by atoms with Gasteiger partial charge in [0.05, 0.1) is 32.6 Å². The van der Waals surface area contributed by atoms with E-state index in [0.717, 1.165) is 31.6 Å². The molecule has 0 saturated heterocycles. The standard InChI is InChI=1S/C27H28N2O5/c1-32-24-14-22(27(31)34-3)23(15-25(24)33-2)28-26(30)20-10-8-18(9-11-20)16-29-13-12-19-6-4-5-7-21(19)17-29/h4-11,14-15H,12-13,16-17H2,1-3H3,(H,28,30). The molecule has 0 spiro atoms. The fourth-order valence-corrected chi connectivity index (χ4v) is 4.16. The van der Waals surface area contributed by atoms with Crippen LogP contribution in [-0.4, -0.2) is 44.7 Å². The average molecular weight is 461 g/mol. The summed E-state index contributed by atoms with van der Waals surface area (Å²) >= 11 is 0. The van der Waals surface area contributed by atoms with Crippen LogP contribution in [0.2, 0.25) is 0 Å². The molecule has 7 nitrogen and oxygen atoms in total. The van der Waals surface area contributed by atoms with E-state index in [-0.39, 0.29) is 17.2 Å². The third-order valence-corrected chi connectivity index (χ3v) is 6.01. The number of fused-ring (bicyclic) bond motifs is 1. The molecule has 1 heterocycles. The molecule has 0 saturated carbocycles. The SMILES string of the molecule is COC(=O)c1cc(OC)c(OC)cc1NC(=O)c1ccc(CN2CCc3ccccc3C2)cc1. The predicted octanol–water partition coefficient (Wildman–Crippen LogP) is 4.30. The minimum absolute atomic E-state index is 0.176. The molecule has 1 N–H and O–H groups in total. The van der Waals surface area contributed by atoms with Crippen molar-refractivity contribution in [3.05, 3.63) is 88.5 Å². The van der Waals surface area contributed by atoms with Gasteiger partial charge in [-0.3, -0.25) is 9.69 Å². The lowest BCUT2D eigenvalue weighted by Gasteiger charge is -2.28. The molecule has 0 radical (unpaired) electrons. The maximum Gasteiger partial charge on any atom is 0.340 e. The molecule has 1 aliphatic rings. The minimum Gasteiger partial charge on any atom is -0.493 e. The van der Waals surface area contributed by atoms with Crippen molar-refractivity contribution in [2.45, 2.75) is 19.5 Å². The van der Waals surface area contributed by atoms with Gasteiger partial charge < -0.3 is 19.5 Å². The summed E-state index contributed by atoms with van der Waals surface area (Å²) in [4.78, 5) is 27.6. The zero-order valence-corrected chi connectivity index (χ0v) is 19.6. The van der Waals surface area contributed by atoms with Crippen molar-refractivity contribution < 1.29 is 23.8 Å². The van der Waals surface area contributed by atoms with Crippen molar-refractivity contribution >= 4 is 17.6 Å². The van der Waals surface area contributed by atoms with E-state index in [2.05, 4.69) is 34.5 Å². The molecule has 0 aromatic heterocycles. The molecular formula is C27H28N2O5. The summed E-state index contributed by atoms with van der Waals surface area (Å²) in [7, 11) is 4.24. The number of nitrogens with zero attached hydrogens (tertiary/aromatic N) is 1. The zero-order valence-electron chi connectivity index (χ0n) is 19.6. The second kappa shape index (κ2) is 10.4. The Morgan fingerprint density at radius 2 is 1.59 bits per heavy atom. The Balaban J connectivity index is 1.47. The molecule has 1 amide bonds. The lowest BCUT2D eigenvalue weighted by atomic mass is 9.99. The van der Waals surface area contributed by atoms with Crippen LogP contribution in [0, 0.1) is 0 Å². The zero-order chi connectivity index (χ0) is 24.1. The van der Waals surface area contributed by atoms with Gasteiger partial charge in [0.25, 0.3) is 5.91 Å². The number of nitrogens with one attached hydrogen (secondary N) is 1. The van der Waals surface area contributed by atoms with E-state index in [1.165, 1.54) is 38.5 Å². The van der Waals surface area contributed by atoms with Gasteiger partial charge in [-0.1, -0.05) is 36.4 Å². The van der Waals surface area contributed by atoms with Crippen LogP contribution in [0.4, 0.5) is 5.69 Å². The Labute approximate surface area is 199 Å². The number of methoxy groups -OCH3 is 3. The highest BCUT2D eigenvalue weighted by molar-refractivity contribution is 6.08. The summed E-state index contributed by atoms with van der Waals surface area (Å²) in [6, 6.07) is 19.1. The van der Waals surface area contributed by atoms with Gasteiger partial charge >= 0.3 is 5.97 Å². The Kier molecular flexibility index (Phi) is 7.13. The molecule has 176 valence electrons. The summed E-state index contributed by atoms with van der Waals surface area (Å²) in [5.41, 5.74) is 4.88.